The van der Waals surface area contributed by atoms with Crippen molar-refractivity contribution in [3.8, 4) is 0 Å². The number of benzene rings is 1. The molecular formula is C18H25NO4. The summed E-state index contributed by atoms with van der Waals surface area (Å²) < 4.78 is 5.95. The van der Waals surface area contributed by atoms with E-state index in [-0.39, 0.29) is 24.0 Å². The summed E-state index contributed by atoms with van der Waals surface area (Å²) in [5.41, 5.74) is 0.737. The Hall–Kier alpha value is -1.88. The lowest BCUT2D eigenvalue weighted by Crippen LogP contribution is -2.56. The highest BCUT2D eigenvalue weighted by atomic mass is 16.5. The van der Waals surface area contributed by atoms with Crippen molar-refractivity contribution in [2.24, 2.45) is 0 Å². The molecule has 1 atom stereocenters. The number of carbonyl (C=O) groups excluding carboxylic acids is 1. The molecular weight excluding hydrogens is 294 g/mol. The number of hydrogen-bond acceptors (Lipinski definition) is 3. The van der Waals surface area contributed by atoms with E-state index >= 15 is 0 Å². The van der Waals surface area contributed by atoms with Crippen LogP contribution in [0.4, 0.5) is 0 Å². The molecule has 2 rings (SSSR count). The molecule has 126 valence electrons. The van der Waals surface area contributed by atoms with Gasteiger partial charge in [0.1, 0.15) is 6.10 Å². The molecule has 0 saturated carbocycles. The van der Waals surface area contributed by atoms with Gasteiger partial charge in [0.05, 0.1) is 18.7 Å². The van der Waals surface area contributed by atoms with Gasteiger partial charge in [-0.15, -0.1) is 0 Å². The maximum absolute atomic E-state index is 12.6. The average Bonchev–Trinajstić information content (AvgIpc) is 2.52. The molecule has 0 spiro atoms. The molecule has 1 aromatic carbocycles. The van der Waals surface area contributed by atoms with Crippen molar-refractivity contribution in [1.82, 2.24) is 4.90 Å². The van der Waals surface area contributed by atoms with Crippen LogP contribution >= 0.6 is 0 Å². The van der Waals surface area contributed by atoms with Crippen molar-refractivity contribution in [1.29, 1.82) is 0 Å². The number of morpholine rings is 1. The fourth-order valence-electron chi connectivity index (χ4n) is 2.84. The standard InChI is InChI=1S/C18H25NO4/c1-18(2)13-23-15(14-8-4-3-5-9-14)12-19(18)16(20)10-6-7-11-17(21)22/h3-5,8-9,15H,6-7,10-13H2,1-2H3,(H,21,22). The second-order valence-electron chi connectivity index (χ2n) is 6.63. The normalized spacial score (nSPS) is 20.3. The largest absolute Gasteiger partial charge is 0.481 e. The third-order valence-corrected chi connectivity index (χ3v) is 4.22. The van der Waals surface area contributed by atoms with E-state index in [2.05, 4.69) is 0 Å². The number of amides is 1. The molecule has 0 radical (unpaired) electrons. The van der Waals surface area contributed by atoms with E-state index in [9.17, 15) is 9.59 Å². The third kappa shape index (κ3) is 4.79. The Bertz CT molecular complexity index is 541. The summed E-state index contributed by atoms with van der Waals surface area (Å²) in [6.45, 7) is 5.04. The van der Waals surface area contributed by atoms with E-state index in [0.717, 1.165) is 5.56 Å². The fraction of sp³-hybridized carbons (Fsp3) is 0.556. The molecule has 0 bridgehead atoms. The second-order valence-corrected chi connectivity index (χ2v) is 6.63. The molecule has 0 aliphatic carbocycles. The molecule has 1 saturated heterocycles. The lowest BCUT2D eigenvalue weighted by Gasteiger charge is -2.45. The summed E-state index contributed by atoms with van der Waals surface area (Å²) in [4.78, 5) is 25.0. The lowest BCUT2D eigenvalue weighted by atomic mass is 9.97. The van der Waals surface area contributed by atoms with E-state index in [0.29, 0.717) is 32.4 Å². The van der Waals surface area contributed by atoms with Gasteiger partial charge in [-0.2, -0.15) is 0 Å². The maximum Gasteiger partial charge on any atom is 0.303 e. The van der Waals surface area contributed by atoms with Crippen molar-refractivity contribution in [2.75, 3.05) is 13.2 Å². The zero-order valence-electron chi connectivity index (χ0n) is 13.8. The highest BCUT2D eigenvalue weighted by Gasteiger charge is 2.38. The Balaban J connectivity index is 1.96. The lowest BCUT2D eigenvalue weighted by molar-refractivity contribution is -0.155. The number of aliphatic carboxylic acids is 1. The predicted molar refractivity (Wildman–Crippen MR) is 87.0 cm³/mol. The van der Waals surface area contributed by atoms with Crippen LogP contribution in [0.5, 0.6) is 0 Å². The number of unbranched alkanes of at least 4 members (excludes halogenated alkanes) is 1. The minimum atomic E-state index is -0.812. The molecule has 23 heavy (non-hydrogen) atoms. The van der Waals surface area contributed by atoms with Gasteiger partial charge >= 0.3 is 5.97 Å². The van der Waals surface area contributed by atoms with Gasteiger partial charge in [0, 0.05) is 12.8 Å². The van der Waals surface area contributed by atoms with Gasteiger partial charge in [-0.1, -0.05) is 30.3 Å². The first kappa shape index (κ1) is 17.5. The van der Waals surface area contributed by atoms with Crippen molar-refractivity contribution in [3.05, 3.63) is 35.9 Å². The van der Waals surface area contributed by atoms with E-state index < -0.39 is 5.97 Å². The van der Waals surface area contributed by atoms with Crippen LogP contribution in [0.2, 0.25) is 0 Å². The number of hydrogen-bond donors (Lipinski definition) is 1. The topological polar surface area (TPSA) is 66.8 Å². The Morgan fingerprint density at radius 3 is 2.52 bits per heavy atom. The summed E-state index contributed by atoms with van der Waals surface area (Å²) >= 11 is 0. The second kappa shape index (κ2) is 7.59. The van der Waals surface area contributed by atoms with E-state index in [4.69, 9.17) is 9.84 Å². The predicted octanol–water partition coefficient (Wildman–Crippen LogP) is 3.01. The third-order valence-electron chi connectivity index (χ3n) is 4.22. The number of rotatable bonds is 6. The summed E-state index contributed by atoms with van der Waals surface area (Å²) in [6.07, 6.45) is 1.54. The molecule has 1 aliphatic heterocycles. The van der Waals surface area contributed by atoms with Gasteiger partial charge in [0.25, 0.3) is 0 Å². The minimum Gasteiger partial charge on any atom is -0.481 e. The van der Waals surface area contributed by atoms with Crippen LogP contribution in [0.25, 0.3) is 0 Å². The number of carboxylic acid groups (broad SMARTS) is 1. The summed E-state index contributed by atoms with van der Waals surface area (Å²) in [7, 11) is 0. The quantitative estimate of drug-likeness (QED) is 0.819. The molecule has 5 nitrogen and oxygen atoms in total. The first-order valence-corrected chi connectivity index (χ1v) is 8.09. The van der Waals surface area contributed by atoms with Gasteiger partial charge in [-0.05, 0) is 32.3 Å². The first-order chi connectivity index (χ1) is 10.9. The smallest absolute Gasteiger partial charge is 0.303 e. The SMILES string of the molecule is CC1(C)COC(c2ccccc2)CN1C(=O)CCCCC(=O)O. The van der Waals surface area contributed by atoms with E-state index in [1.54, 1.807) is 0 Å². The van der Waals surface area contributed by atoms with Crippen LogP contribution < -0.4 is 0 Å². The van der Waals surface area contributed by atoms with Crippen molar-refractivity contribution in [3.63, 3.8) is 0 Å². The highest BCUT2D eigenvalue weighted by Crippen LogP contribution is 2.30. The molecule has 1 heterocycles. The summed E-state index contributed by atoms with van der Waals surface area (Å²) in [5.74, 6) is -0.738. The van der Waals surface area contributed by atoms with Gasteiger partial charge < -0.3 is 14.7 Å². The van der Waals surface area contributed by atoms with Crippen LogP contribution in [0, 0.1) is 0 Å². The number of nitrogens with zero attached hydrogens (tertiary/aromatic N) is 1. The maximum atomic E-state index is 12.6. The van der Waals surface area contributed by atoms with Crippen molar-refractivity contribution >= 4 is 11.9 Å². The Kier molecular flexibility index (Phi) is 5.77. The Labute approximate surface area is 137 Å². The summed E-state index contributed by atoms with van der Waals surface area (Å²) in [5, 5.41) is 8.66. The highest BCUT2D eigenvalue weighted by molar-refractivity contribution is 5.77. The average molecular weight is 319 g/mol. The van der Waals surface area contributed by atoms with Crippen LogP contribution in [0.15, 0.2) is 30.3 Å². The van der Waals surface area contributed by atoms with E-state index in [1.807, 2.05) is 49.1 Å². The molecule has 1 N–H and O–H groups in total. The van der Waals surface area contributed by atoms with Crippen molar-refractivity contribution < 1.29 is 19.4 Å². The molecule has 1 aromatic rings. The molecule has 0 aromatic heterocycles. The first-order valence-electron chi connectivity index (χ1n) is 8.09. The Morgan fingerprint density at radius 1 is 1.22 bits per heavy atom. The van der Waals surface area contributed by atoms with Crippen LogP contribution in [0.3, 0.4) is 0 Å². The number of ether oxygens (including phenoxy) is 1. The van der Waals surface area contributed by atoms with Gasteiger partial charge in [0.2, 0.25) is 5.91 Å². The van der Waals surface area contributed by atoms with Crippen LogP contribution in [-0.4, -0.2) is 40.6 Å². The zero-order valence-corrected chi connectivity index (χ0v) is 13.8. The van der Waals surface area contributed by atoms with Gasteiger partial charge in [-0.3, -0.25) is 9.59 Å². The van der Waals surface area contributed by atoms with E-state index in [1.165, 1.54) is 0 Å². The molecule has 1 fully saturated rings. The Morgan fingerprint density at radius 2 is 1.87 bits per heavy atom. The van der Waals surface area contributed by atoms with Crippen LogP contribution in [0.1, 0.15) is 51.2 Å². The molecule has 1 amide bonds. The zero-order chi connectivity index (χ0) is 16.9. The molecule has 5 heteroatoms. The van der Waals surface area contributed by atoms with Gasteiger partial charge in [0.15, 0.2) is 0 Å². The van der Waals surface area contributed by atoms with Gasteiger partial charge in [-0.25, -0.2) is 0 Å². The number of carbonyl (C=O) groups is 2. The molecule has 1 aliphatic rings. The summed E-state index contributed by atoms with van der Waals surface area (Å²) in [6, 6.07) is 9.92. The minimum absolute atomic E-state index is 0.0737. The molecule has 1 unspecified atom stereocenters. The van der Waals surface area contributed by atoms with Crippen LogP contribution in [-0.2, 0) is 14.3 Å². The fourth-order valence-corrected chi connectivity index (χ4v) is 2.84. The number of carboxylic acids is 1. The van der Waals surface area contributed by atoms with Crippen molar-refractivity contribution in [2.45, 2.75) is 51.2 Å². The monoisotopic (exact) mass is 319 g/mol.